The van der Waals surface area contributed by atoms with Gasteiger partial charge in [0.2, 0.25) is 5.91 Å². The Morgan fingerprint density at radius 2 is 1.61 bits per heavy atom. The predicted octanol–water partition coefficient (Wildman–Crippen LogP) is 3.28. The van der Waals surface area contributed by atoms with Crippen molar-refractivity contribution in [2.75, 3.05) is 32.6 Å². The van der Waals surface area contributed by atoms with Crippen molar-refractivity contribution in [3.05, 3.63) is 64.4 Å². The Hall–Kier alpha value is -3.81. The van der Waals surface area contributed by atoms with Crippen LogP contribution in [-0.2, 0) is 11.3 Å². The van der Waals surface area contributed by atoms with Gasteiger partial charge in [-0.15, -0.1) is 0 Å². The molecule has 0 spiro atoms. The van der Waals surface area contributed by atoms with Crippen molar-refractivity contribution in [3.63, 3.8) is 0 Å². The molecule has 172 valence electrons. The van der Waals surface area contributed by atoms with E-state index in [0.717, 1.165) is 19.3 Å². The van der Waals surface area contributed by atoms with E-state index in [0.29, 0.717) is 46.7 Å². The number of carbonyl (C=O) groups is 2. The van der Waals surface area contributed by atoms with E-state index in [1.807, 2.05) is 12.1 Å². The van der Waals surface area contributed by atoms with Crippen molar-refractivity contribution in [1.29, 1.82) is 0 Å². The maximum absolute atomic E-state index is 13.1. The number of nitrogens with one attached hydrogen (secondary N) is 1. The number of aromatic nitrogens is 1. The summed E-state index contributed by atoms with van der Waals surface area (Å²) in [6.45, 7) is 1.20. The van der Waals surface area contributed by atoms with E-state index in [-0.39, 0.29) is 18.4 Å². The third-order valence-electron chi connectivity index (χ3n) is 5.83. The molecule has 3 aromatic rings. The van der Waals surface area contributed by atoms with E-state index in [1.54, 1.807) is 35.2 Å². The smallest absolute Gasteiger partial charge is 0.254 e. The average molecular weight is 450 g/mol. The van der Waals surface area contributed by atoms with Gasteiger partial charge >= 0.3 is 0 Å². The number of hydrogen-bond donors (Lipinski definition) is 1. The second-order valence-corrected chi connectivity index (χ2v) is 8.00. The Kier molecular flexibility index (Phi) is 6.63. The molecule has 0 aliphatic carbocycles. The number of hydrogen-bond acceptors (Lipinski definition) is 5. The summed E-state index contributed by atoms with van der Waals surface area (Å²) in [5.41, 5.74) is 1.02. The second-order valence-electron chi connectivity index (χ2n) is 8.00. The normalized spacial score (nSPS) is 13.6. The molecule has 4 rings (SSSR count). The highest BCUT2D eigenvalue weighted by molar-refractivity contribution is 6.06. The van der Waals surface area contributed by atoms with Gasteiger partial charge in [-0.05, 0) is 25.3 Å². The van der Waals surface area contributed by atoms with E-state index in [9.17, 15) is 14.4 Å². The number of rotatable bonds is 6. The molecule has 8 heteroatoms. The Morgan fingerprint density at radius 1 is 0.939 bits per heavy atom. The molecule has 2 amide bonds. The van der Waals surface area contributed by atoms with Crippen LogP contribution in [0.25, 0.3) is 10.9 Å². The van der Waals surface area contributed by atoms with Crippen molar-refractivity contribution in [2.45, 2.75) is 25.8 Å². The lowest BCUT2D eigenvalue weighted by Gasteiger charge is -2.27. The third kappa shape index (κ3) is 4.84. The van der Waals surface area contributed by atoms with E-state index < -0.39 is 5.56 Å². The van der Waals surface area contributed by atoms with Crippen molar-refractivity contribution in [2.24, 2.45) is 0 Å². The lowest BCUT2D eigenvalue weighted by Crippen LogP contribution is -2.37. The Morgan fingerprint density at radius 3 is 2.27 bits per heavy atom. The molecule has 0 unspecified atom stereocenters. The van der Waals surface area contributed by atoms with Gasteiger partial charge < -0.3 is 19.7 Å². The van der Waals surface area contributed by atoms with E-state index in [1.165, 1.54) is 24.9 Å². The zero-order valence-electron chi connectivity index (χ0n) is 18.8. The lowest BCUT2D eigenvalue weighted by molar-refractivity contribution is -0.116. The number of amides is 2. The molecule has 1 N–H and O–H groups in total. The topological polar surface area (TPSA) is 89.9 Å². The summed E-state index contributed by atoms with van der Waals surface area (Å²) in [6, 6.07) is 13.6. The van der Waals surface area contributed by atoms with Gasteiger partial charge in [0.25, 0.3) is 11.5 Å². The van der Waals surface area contributed by atoms with Gasteiger partial charge in [-0.3, -0.25) is 19.0 Å². The fourth-order valence-electron chi connectivity index (χ4n) is 4.17. The number of benzene rings is 2. The zero-order chi connectivity index (χ0) is 23.4. The molecule has 0 bridgehead atoms. The highest BCUT2D eigenvalue weighted by atomic mass is 16.5. The number of para-hydroxylation sites is 1. The maximum Gasteiger partial charge on any atom is 0.254 e. The molecule has 2 aromatic carbocycles. The standard InChI is InChI=1S/C25H27N3O5/c1-32-18-12-17(13-19(14-18)33-2)26-23(29)16-28-22-9-5-4-8-20(22)21(15-24(28)30)25(31)27-10-6-3-7-11-27/h4-5,8-9,12-15H,3,6-7,10-11,16H2,1-2H3,(H,26,29). The molecule has 1 aromatic heterocycles. The van der Waals surface area contributed by atoms with Crippen LogP contribution in [0.4, 0.5) is 5.69 Å². The Bertz CT molecular complexity index is 1220. The van der Waals surface area contributed by atoms with Gasteiger partial charge in [-0.25, -0.2) is 0 Å². The summed E-state index contributed by atoms with van der Waals surface area (Å²) >= 11 is 0. The first-order valence-electron chi connectivity index (χ1n) is 10.9. The van der Waals surface area contributed by atoms with Gasteiger partial charge in [0, 0.05) is 48.4 Å². The molecule has 1 saturated heterocycles. The summed E-state index contributed by atoms with van der Waals surface area (Å²) in [7, 11) is 3.05. The second kappa shape index (κ2) is 9.77. The third-order valence-corrected chi connectivity index (χ3v) is 5.83. The Balaban J connectivity index is 1.64. The van der Waals surface area contributed by atoms with Crippen LogP contribution in [0.3, 0.4) is 0 Å². The largest absolute Gasteiger partial charge is 0.497 e. The van der Waals surface area contributed by atoms with Crippen LogP contribution in [0.2, 0.25) is 0 Å². The summed E-state index contributed by atoms with van der Waals surface area (Å²) in [4.78, 5) is 40.8. The summed E-state index contributed by atoms with van der Waals surface area (Å²) < 4.78 is 11.9. The molecular weight excluding hydrogens is 422 g/mol. The molecule has 1 aliphatic rings. The number of fused-ring (bicyclic) bond motifs is 1. The molecule has 8 nitrogen and oxygen atoms in total. The monoisotopic (exact) mass is 449 g/mol. The summed E-state index contributed by atoms with van der Waals surface area (Å²) in [5.74, 6) is 0.552. The van der Waals surface area contributed by atoms with Crippen LogP contribution in [0, 0.1) is 0 Å². The first-order valence-corrected chi connectivity index (χ1v) is 10.9. The van der Waals surface area contributed by atoms with Gasteiger partial charge in [0.15, 0.2) is 0 Å². The number of ether oxygens (including phenoxy) is 2. The number of likely N-dealkylation sites (tertiary alicyclic amines) is 1. The highest BCUT2D eigenvalue weighted by Crippen LogP contribution is 2.26. The van der Waals surface area contributed by atoms with E-state index in [4.69, 9.17) is 9.47 Å². The zero-order valence-corrected chi connectivity index (χ0v) is 18.8. The average Bonchev–Trinajstić information content (AvgIpc) is 2.85. The van der Waals surface area contributed by atoms with Gasteiger partial charge in [-0.2, -0.15) is 0 Å². The molecule has 1 fully saturated rings. The van der Waals surface area contributed by atoms with Gasteiger partial charge in [0.1, 0.15) is 18.0 Å². The van der Waals surface area contributed by atoms with Crippen LogP contribution in [0.5, 0.6) is 11.5 Å². The van der Waals surface area contributed by atoms with E-state index >= 15 is 0 Å². The summed E-state index contributed by atoms with van der Waals surface area (Å²) in [5, 5.41) is 3.44. The molecule has 0 atom stereocenters. The van der Waals surface area contributed by atoms with Crippen molar-refractivity contribution >= 4 is 28.4 Å². The first kappa shape index (κ1) is 22.4. The number of methoxy groups -OCH3 is 2. The number of carbonyl (C=O) groups excluding carboxylic acids is 2. The summed E-state index contributed by atoms with van der Waals surface area (Å²) in [6.07, 6.45) is 3.05. The van der Waals surface area contributed by atoms with Crippen molar-refractivity contribution < 1.29 is 19.1 Å². The van der Waals surface area contributed by atoms with Crippen molar-refractivity contribution in [3.8, 4) is 11.5 Å². The number of pyridine rings is 1. The van der Waals surface area contributed by atoms with Crippen LogP contribution in [-0.4, -0.2) is 48.6 Å². The Labute approximate surface area is 191 Å². The number of piperidine rings is 1. The minimum Gasteiger partial charge on any atom is -0.497 e. The van der Waals surface area contributed by atoms with Crippen LogP contribution in [0.1, 0.15) is 29.6 Å². The quantitative estimate of drug-likeness (QED) is 0.624. The molecule has 1 aliphatic heterocycles. The van der Waals surface area contributed by atoms with E-state index in [2.05, 4.69) is 5.32 Å². The maximum atomic E-state index is 13.1. The highest BCUT2D eigenvalue weighted by Gasteiger charge is 2.22. The SMILES string of the molecule is COc1cc(NC(=O)Cn2c(=O)cc(C(=O)N3CCCCC3)c3ccccc32)cc(OC)c1. The molecule has 33 heavy (non-hydrogen) atoms. The minimum absolute atomic E-state index is 0.136. The lowest BCUT2D eigenvalue weighted by atomic mass is 10.0. The number of anilines is 1. The van der Waals surface area contributed by atoms with Crippen LogP contribution >= 0.6 is 0 Å². The number of nitrogens with zero attached hydrogens (tertiary/aromatic N) is 2. The predicted molar refractivity (Wildman–Crippen MR) is 126 cm³/mol. The van der Waals surface area contributed by atoms with Gasteiger partial charge in [0.05, 0.1) is 25.3 Å². The fourth-order valence-corrected chi connectivity index (χ4v) is 4.17. The molecule has 2 heterocycles. The fraction of sp³-hybridized carbons (Fsp3) is 0.320. The van der Waals surface area contributed by atoms with Crippen LogP contribution < -0.4 is 20.3 Å². The first-order chi connectivity index (χ1) is 16.0. The molecule has 0 radical (unpaired) electrons. The molecule has 0 saturated carbocycles. The molecular formula is C25H27N3O5. The van der Waals surface area contributed by atoms with Gasteiger partial charge in [-0.1, -0.05) is 18.2 Å². The van der Waals surface area contributed by atoms with Crippen molar-refractivity contribution in [1.82, 2.24) is 9.47 Å². The minimum atomic E-state index is -0.396. The van der Waals surface area contributed by atoms with Crippen LogP contribution in [0.15, 0.2) is 53.3 Å².